The summed E-state index contributed by atoms with van der Waals surface area (Å²) < 4.78 is 0. The van der Waals surface area contributed by atoms with Crippen LogP contribution in [0.1, 0.15) is 30.7 Å². The van der Waals surface area contributed by atoms with Crippen molar-refractivity contribution in [1.82, 2.24) is 0 Å². The summed E-state index contributed by atoms with van der Waals surface area (Å²) in [4.78, 5) is 11.1. The lowest BCUT2D eigenvalue weighted by molar-refractivity contribution is -0.139. The van der Waals surface area contributed by atoms with Crippen LogP contribution in [0.5, 0.6) is 0 Å². The van der Waals surface area contributed by atoms with Crippen LogP contribution in [-0.4, -0.2) is 16.4 Å². The highest BCUT2D eigenvalue weighted by Gasteiger charge is 2.18. The van der Waals surface area contributed by atoms with E-state index < -0.39 is 5.97 Å². The molecule has 0 amide bonds. The predicted molar refractivity (Wildman–Crippen MR) is 64.5 cm³/mol. The van der Waals surface area contributed by atoms with Crippen LogP contribution in [-0.2, 0) is 4.79 Å². The Labute approximate surface area is 98.4 Å². The molecule has 2 nitrogen and oxygen atoms in total. The van der Waals surface area contributed by atoms with Gasteiger partial charge < -0.3 is 5.11 Å². The zero-order valence-corrected chi connectivity index (χ0v) is 10.1. The van der Waals surface area contributed by atoms with Gasteiger partial charge in [0.25, 0.3) is 0 Å². The molecule has 1 atom stereocenters. The first-order valence-electron chi connectivity index (χ1n) is 5.09. The number of halogens is 1. The van der Waals surface area contributed by atoms with Crippen molar-refractivity contribution in [2.24, 2.45) is 0 Å². The molecule has 0 saturated carbocycles. The van der Waals surface area contributed by atoms with Crippen molar-refractivity contribution < 1.29 is 9.90 Å². The molecule has 0 bridgehead atoms. The molecule has 1 aromatic carbocycles. The number of alkyl halides is 1. The summed E-state index contributed by atoms with van der Waals surface area (Å²) in [5, 5.41) is 10.1. The molecular weight excluding hydrogens is 256 g/mol. The maximum atomic E-state index is 11.1. The molecule has 0 aliphatic heterocycles. The number of hydrogen-bond donors (Lipinski definition) is 1. The van der Waals surface area contributed by atoms with Gasteiger partial charge in [0.2, 0.25) is 0 Å². The lowest BCUT2D eigenvalue weighted by atomic mass is 9.94. The van der Waals surface area contributed by atoms with E-state index in [-0.39, 0.29) is 5.92 Å². The van der Waals surface area contributed by atoms with E-state index in [9.17, 15) is 4.79 Å². The molecule has 0 aliphatic carbocycles. The summed E-state index contributed by atoms with van der Waals surface area (Å²) in [6, 6.07) is 9.44. The standard InChI is InChI=1S/C12H15BrO2/c13-9-5-4-8-11(12(14)15)10-6-2-1-3-7-10/h1-3,6-7,11H,4-5,8-9H2,(H,14,15). The molecule has 0 spiro atoms. The van der Waals surface area contributed by atoms with E-state index in [1.165, 1.54) is 0 Å². The van der Waals surface area contributed by atoms with Gasteiger partial charge in [0.1, 0.15) is 0 Å². The highest BCUT2D eigenvalue weighted by atomic mass is 79.9. The molecular formula is C12H15BrO2. The van der Waals surface area contributed by atoms with Crippen LogP contribution in [0.3, 0.4) is 0 Å². The third-order valence-electron chi connectivity index (χ3n) is 2.38. The molecule has 15 heavy (non-hydrogen) atoms. The number of benzene rings is 1. The largest absolute Gasteiger partial charge is 0.481 e. The van der Waals surface area contributed by atoms with Gasteiger partial charge in [-0.2, -0.15) is 0 Å². The molecule has 82 valence electrons. The van der Waals surface area contributed by atoms with E-state index in [4.69, 9.17) is 5.11 Å². The fourth-order valence-corrected chi connectivity index (χ4v) is 1.96. The molecule has 0 saturated heterocycles. The Balaban J connectivity index is 2.62. The second kappa shape index (κ2) is 6.62. The van der Waals surface area contributed by atoms with E-state index in [1.54, 1.807) is 0 Å². The Kier molecular flexibility index (Phi) is 5.40. The molecule has 0 heterocycles. The van der Waals surface area contributed by atoms with Gasteiger partial charge in [0.05, 0.1) is 5.92 Å². The van der Waals surface area contributed by atoms with Crippen molar-refractivity contribution >= 4 is 21.9 Å². The number of hydrogen-bond acceptors (Lipinski definition) is 1. The highest BCUT2D eigenvalue weighted by molar-refractivity contribution is 9.09. The van der Waals surface area contributed by atoms with Crippen molar-refractivity contribution in [2.45, 2.75) is 25.2 Å². The van der Waals surface area contributed by atoms with Crippen LogP contribution in [0.15, 0.2) is 30.3 Å². The maximum absolute atomic E-state index is 11.1. The molecule has 0 aliphatic rings. The zero-order chi connectivity index (χ0) is 11.1. The van der Waals surface area contributed by atoms with E-state index in [0.717, 1.165) is 23.7 Å². The number of rotatable bonds is 6. The minimum atomic E-state index is -0.726. The number of unbranched alkanes of at least 4 members (excludes halogenated alkanes) is 1. The van der Waals surface area contributed by atoms with Gasteiger partial charge in [-0.05, 0) is 18.4 Å². The molecule has 0 aromatic heterocycles. The first kappa shape index (κ1) is 12.2. The average Bonchev–Trinajstić information content (AvgIpc) is 2.25. The SMILES string of the molecule is O=C(O)C(CCCCBr)c1ccccc1. The summed E-state index contributed by atoms with van der Waals surface area (Å²) in [5.74, 6) is -1.08. The van der Waals surface area contributed by atoms with Gasteiger partial charge in [-0.3, -0.25) is 4.79 Å². The van der Waals surface area contributed by atoms with E-state index in [2.05, 4.69) is 15.9 Å². The lowest BCUT2D eigenvalue weighted by Gasteiger charge is -2.11. The van der Waals surface area contributed by atoms with Gasteiger partial charge in [-0.25, -0.2) is 0 Å². The van der Waals surface area contributed by atoms with Crippen LogP contribution in [0.4, 0.5) is 0 Å². The van der Waals surface area contributed by atoms with Crippen LogP contribution in [0.2, 0.25) is 0 Å². The Morgan fingerprint density at radius 2 is 1.93 bits per heavy atom. The lowest BCUT2D eigenvalue weighted by Crippen LogP contribution is -2.11. The van der Waals surface area contributed by atoms with E-state index in [0.29, 0.717) is 6.42 Å². The third kappa shape index (κ3) is 4.04. The van der Waals surface area contributed by atoms with E-state index in [1.807, 2.05) is 30.3 Å². The fourth-order valence-electron chi connectivity index (χ4n) is 1.56. The van der Waals surface area contributed by atoms with E-state index >= 15 is 0 Å². The van der Waals surface area contributed by atoms with Gasteiger partial charge >= 0.3 is 5.97 Å². The fraction of sp³-hybridized carbons (Fsp3) is 0.417. The quantitative estimate of drug-likeness (QED) is 0.635. The predicted octanol–water partition coefficient (Wildman–Crippen LogP) is 3.42. The van der Waals surface area contributed by atoms with Gasteiger partial charge in [-0.1, -0.05) is 52.7 Å². The van der Waals surface area contributed by atoms with Crippen molar-refractivity contribution in [3.63, 3.8) is 0 Å². The number of carboxylic acid groups (broad SMARTS) is 1. The topological polar surface area (TPSA) is 37.3 Å². The minimum Gasteiger partial charge on any atom is -0.481 e. The second-order valence-electron chi connectivity index (χ2n) is 3.49. The highest BCUT2D eigenvalue weighted by Crippen LogP contribution is 2.22. The molecule has 1 rings (SSSR count). The summed E-state index contributed by atoms with van der Waals surface area (Å²) >= 11 is 3.35. The minimum absolute atomic E-state index is 0.356. The Morgan fingerprint density at radius 3 is 2.47 bits per heavy atom. The van der Waals surface area contributed by atoms with Crippen LogP contribution >= 0.6 is 15.9 Å². The molecule has 1 aromatic rings. The van der Waals surface area contributed by atoms with Crippen LogP contribution in [0, 0.1) is 0 Å². The van der Waals surface area contributed by atoms with Crippen molar-refractivity contribution in [3.05, 3.63) is 35.9 Å². The van der Waals surface area contributed by atoms with Crippen LogP contribution in [0.25, 0.3) is 0 Å². The maximum Gasteiger partial charge on any atom is 0.310 e. The smallest absolute Gasteiger partial charge is 0.310 e. The average molecular weight is 271 g/mol. The Bertz CT molecular complexity index is 298. The summed E-state index contributed by atoms with van der Waals surface area (Å²) in [7, 11) is 0. The number of carboxylic acids is 1. The number of carbonyl (C=O) groups is 1. The molecule has 3 heteroatoms. The summed E-state index contributed by atoms with van der Waals surface area (Å²) in [5.41, 5.74) is 0.902. The Hall–Kier alpha value is -0.830. The van der Waals surface area contributed by atoms with Crippen LogP contribution < -0.4 is 0 Å². The first-order chi connectivity index (χ1) is 7.25. The third-order valence-corrected chi connectivity index (χ3v) is 2.94. The van der Waals surface area contributed by atoms with Gasteiger partial charge in [0.15, 0.2) is 0 Å². The van der Waals surface area contributed by atoms with Gasteiger partial charge in [-0.15, -0.1) is 0 Å². The first-order valence-corrected chi connectivity index (χ1v) is 6.21. The molecule has 1 N–H and O–H groups in total. The van der Waals surface area contributed by atoms with Gasteiger partial charge in [0, 0.05) is 5.33 Å². The normalized spacial score (nSPS) is 12.3. The summed E-state index contributed by atoms with van der Waals surface area (Å²) in [6.45, 7) is 0. The van der Waals surface area contributed by atoms with Crippen molar-refractivity contribution in [3.8, 4) is 0 Å². The Morgan fingerprint density at radius 1 is 1.27 bits per heavy atom. The zero-order valence-electron chi connectivity index (χ0n) is 8.53. The molecule has 0 radical (unpaired) electrons. The second-order valence-corrected chi connectivity index (χ2v) is 4.28. The van der Waals surface area contributed by atoms with Crippen molar-refractivity contribution in [2.75, 3.05) is 5.33 Å². The molecule has 0 fully saturated rings. The monoisotopic (exact) mass is 270 g/mol. The van der Waals surface area contributed by atoms with Crippen molar-refractivity contribution in [1.29, 1.82) is 0 Å². The number of aliphatic carboxylic acids is 1. The molecule has 1 unspecified atom stereocenters. The summed E-state index contributed by atoms with van der Waals surface area (Å²) in [6.07, 6.45) is 2.68.